The van der Waals surface area contributed by atoms with E-state index in [1.165, 1.54) is 17.0 Å². The van der Waals surface area contributed by atoms with E-state index in [4.69, 9.17) is 0 Å². The molecule has 0 aromatic heterocycles. The summed E-state index contributed by atoms with van der Waals surface area (Å²) in [7, 11) is 0. The fourth-order valence-electron chi connectivity index (χ4n) is 4.11. The zero-order valence-corrected chi connectivity index (χ0v) is 16.9. The lowest BCUT2D eigenvalue weighted by atomic mass is 9.87. The molecule has 1 aliphatic rings. The summed E-state index contributed by atoms with van der Waals surface area (Å²) in [6, 6.07) is 18.3. The molecule has 30 heavy (non-hydrogen) atoms. The number of hydrogen-bond donors (Lipinski definition) is 1. The van der Waals surface area contributed by atoms with Gasteiger partial charge in [-0.2, -0.15) is 0 Å². The molecule has 1 heterocycles. The number of benzene rings is 3. The number of nitrogens with zero attached hydrogens (tertiary/aromatic N) is 1. The Morgan fingerprint density at radius 1 is 1.03 bits per heavy atom. The number of aryl methyl sites for hydroxylation is 2. The van der Waals surface area contributed by atoms with E-state index in [2.05, 4.69) is 0 Å². The quantitative estimate of drug-likeness (QED) is 0.641. The number of ketones is 1. The van der Waals surface area contributed by atoms with Gasteiger partial charge in [0.2, 0.25) is 0 Å². The number of hydrogen-bond acceptors (Lipinski definition) is 3. The average molecular weight is 403 g/mol. The number of Topliss-reactive ketones (excluding diaryl/α,β-unsaturated/α-hetero) is 1. The van der Waals surface area contributed by atoms with Crippen molar-refractivity contribution < 1.29 is 19.1 Å². The van der Waals surface area contributed by atoms with E-state index >= 15 is 0 Å². The number of halogens is 1. The Kier molecular flexibility index (Phi) is 5.00. The zero-order chi connectivity index (χ0) is 21.5. The van der Waals surface area contributed by atoms with Crippen molar-refractivity contribution in [1.29, 1.82) is 0 Å². The fourth-order valence-corrected chi connectivity index (χ4v) is 4.11. The largest absolute Gasteiger partial charge is 0.375 e. The summed E-state index contributed by atoms with van der Waals surface area (Å²) in [5, 5.41) is 11.4. The molecule has 0 unspecified atom stereocenters. The van der Waals surface area contributed by atoms with Crippen molar-refractivity contribution in [3.8, 4) is 0 Å². The van der Waals surface area contributed by atoms with Crippen molar-refractivity contribution in [3.05, 3.63) is 100 Å². The normalized spacial score (nSPS) is 17.9. The average Bonchev–Trinajstić information content (AvgIpc) is 2.90. The summed E-state index contributed by atoms with van der Waals surface area (Å²) in [6.45, 7) is 3.88. The highest BCUT2D eigenvalue weighted by molar-refractivity contribution is 6.11. The Bertz CT molecular complexity index is 1160. The van der Waals surface area contributed by atoms with Gasteiger partial charge in [-0.1, -0.05) is 54.1 Å². The van der Waals surface area contributed by atoms with Crippen LogP contribution in [0.3, 0.4) is 0 Å². The molecule has 0 radical (unpaired) electrons. The minimum atomic E-state index is -1.96. The van der Waals surface area contributed by atoms with E-state index in [1.54, 1.807) is 42.5 Å². The van der Waals surface area contributed by atoms with E-state index in [-0.39, 0.29) is 18.7 Å². The Balaban J connectivity index is 1.69. The van der Waals surface area contributed by atoms with Gasteiger partial charge in [-0.25, -0.2) is 4.39 Å². The van der Waals surface area contributed by atoms with E-state index in [0.717, 1.165) is 11.1 Å². The summed E-state index contributed by atoms with van der Waals surface area (Å²) in [6.07, 6.45) is -0.355. The monoisotopic (exact) mass is 403 g/mol. The minimum absolute atomic E-state index is 0.105. The first-order chi connectivity index (χ1) is 14.3. The van der Waals surface area contributed by atoms with E-state index in [0.29, 0.717) is 22.4 Å². The van der Waals surface area contributed by atoms with Crippen LogP contribution in [0.1, 0.15) is 39.0 Å². The first kappa shape index (κ1) is 20.0. The van der Waals surface area contributed by atoms with Crippen LogP contribution in [-0.2, 0) is 16.9 Å². The number of carbonyl (C=O) groups excluding carboxylic acids is 2. The molecule has 5 heteroatoms. The van der Waals surface area contributed by atoms with Crippen LogP contribution in [-0.4, -0.2) is 16.8 Å². The van der Waals surface area contributed by atoms with Gasteiger partial charge in [0.1, 0.15) is 5.82 Å². The van der Waals surface area contributed by atoms with Crippen molar-refractivity contribution in [1.82, 2.24) is 0 Å². The number of para-hydroxylation sites is 1. The first-order valence-electron chi connectivity index (χ1n) is 9.78. The molecule has 152 valence electrons. The lowest BCUT2D eigenvalue weighted by Gasteiger charge is -2.23. The number of fused-ring (bicyclic) bond motifs is 1. The highest BCUT2D eigenvalue weighted by atomic mass is 19.1. The maximum Gasteiger partial charge on any atom is 0.264 e. The lowest BCUT2D eigenvalue weighted by Crippen LogP contribution is -2.41. The molecule has 1 atom stereocenters. The second kappa shape index (κ2) is 7.50. The van der Waals surface area contributed by atoms with Gasteiger partial charge < -0.3 is 10.0 Å². The summed E-state index contributed by atoms with van der Waals surface area (Å²) in [5.41, 5.74) is 1.89. The second-order valence-electron chi connectivity index (χ2n) is 7.82. The predicted octanol–water partition coefficient (Wildman–Crippen LogP) is 4.45. The summed E-state index contributed by atoms with van der Waals surface area (Å²) in [5.74, 6) is -1.27. The number of amides is 1. The molecule has 0 bridgehead atoms. The third-order valence-corrected chi connectivity index (χ3v) is 5.57. The van der Waals surface area contributed by atoms with Gasteiger partial charge in [0.15, 0.2) is 11.4 Å². The van der Waals surface area contributed by atoms with E-state index in [9.17, 15) is 19.1 Å². The molecule has 3 aromatic carbocycles. The first-order valence-corrected chi connectivity index (χ1v) is 9.78. The van der Waals surface area contributed by atoms with Crippen molar-refractivity contribution in [2.75, 3.05) is 4.90 Å². The Morgan fingerprint density at radius 2 is 1.80 bits per heavy atom. The molecule has 1 N–H and O–H groups in total. The zero-order valence-electron chi connectivity index (χ0n) is 16.9. The molecule has 0 spiro atoms. The summed E-state index contributed by atoms with van der Waals surface area (Å²) in [4.78, 5) is 27.7. The second-order valence-corrected chi connectivity index (χ2v) is 7.82. The minimum Gasteiger partial charge on any atom is -0.375 e. The Hall–Kier alpha value is -3.31. The molecule has 4 rings (SSSR count). The molecular formula is C25H22FNO3. The third kappa shape index (κ3) is 3.42. The van der Waals surface area contributed by atoms with E-state index < -0.39 is 17.3 Å². The van der Waals surface area contributed by atoms with Crippen LogP contribution in [0.5, 0.6) is 0 Å². The highest BCUT2D eigenvalue weighted by Crippen LogP contribution is 2.43. The number of carbonyl (C=O) groups is 2. The van der Waals surface area contributed by atoms with Gasteiger partial charge in [-0.05, 0) is 43.2 Å². The Labute approximate surface area is 174 Å². The fraction of sp³-hybridized carbons (Fsp3) is 0.200. The van der Waals surface area contributed by atoms with Crippen molar-refractivity contribution in [2.45, 2.75) is 32.4 Å². The standard InChI is InChI=1S/C25H22FNO3/c1-16-10-11-20(17(2)12-16)23(28)14-25(30)21-8-3-4-9-22(21)27(24(25)29)15-18-6-5-7-19(26)13-18/h3-13,30H,14-15H2,1-2H3/t25-/m1/s1. The van der Waals surface area contributed by atoms with Gasteiger partial charge in [0.05, 0.1) is 18.7 Å². The maximum atomic E-state index is 13.6. The summed E-state index contributed by atoms with van der Waals surface area (Å²) >= 11 is 0. The van der Waals surface area contributed by atoms with Gasteiger partial charge >= 0.3 is 0 Å². The van der Waals surface area contributed by atoms with Crippen LogP contribution in [0.25, 0.3) is 0 Å². The van der Waals surface area contributed by atoms with Crippen LogP contribution >= 0.6 is 0 Å². The molecule has 0 fully saturated rings. The number of aliphatic hydroxyl groups is 1. The van der Waals surface area contributed by atoms with Gasteiger partial charge in [0.25, 0.3) is 5.91 Å². The lowest BCUT2D eigenvalue weighted by molar-refractivity contribution is -0.136. The van der Waals surface area contributed by atoms with Crippen LogP contribution in [0.4, 0.5) is 10.1 Å². The van der Waals surface area contributed by atoms with Crippen LogP contribution in [0.2, 0.25) is 0 Å². The Morgan fingerprint density at radius 3 is 2.53 bits per heavy atom. The molecular weight excluding hydrogens is 381 g/mol. The molecule has 0 aliphatic carbocycles. The highest BCUT2D eigenvalue weighted by Gasteiger charge is 2.50. The molecule has 3 aromatic rings. The summed E-state index contributed by atoms with van der Waals surface area (Å²) < 4.78 is 13.6. The van der Waals surface area contributed by atoms with E-state index in [1.807, 2.05) is 26.0 Å². The SMILES string of the molecule is Cc1ccc(C(=O)C[C@]2(O)C(=O)N(Cc3cccc(F)c3)c3ccccc32)c(C)c1. The van der Waals surface area contributed by atoms with Gasteiger partial charge in [0, 0.05) is 11.1 Å². The third-order valence-electron chi connectivity index (χ3n) is 5.57. The molecule has 0 saturated carbocycles. The molecule has 1 amide bonds. The van der Waals surface area contributed by atoms with Crippen LogP contribution in [0.15, 0.2) is 66.7 Å². The van der Waals surface area contributed by atoms with Crippen molar-refractivity contribution in [2.24, 2.45) is 0 Å². The van der Waals surface area contributed by atoms with Crippen molar-refractivity contribution in [3.63, 3.8) is 0 Å². The van der Waals surface area contributed by atoms with Crippen LogP contribution < -0.4 is 4.90 Å². The van der Waals surface area contributed by atoms with Crippen LogP contribution in [0, 0.1) is 19.7 Å². The van der Waals surface area contributed by atoms with Gasteiger partial charge in [-0.3, -0.25) is 9.59 Å². The van der Waals surface area contributed by atoms with Crippen molar-refractivity contribution >= 4 is 17.4 Å². The number of anilines is 1. The van der Waals surface area contributed by atoms with Gasteiger partial charge in [-0.15, -0.1) is 0 Å². The topological polar surface area (TPSA) is 57.6 Å². The molecule has 1 aliphatic heterocycles. The molecule has 0 saturated heterocycles. The number of rotatable bonds is 5. The predicted molar refractivity (Wildman–Crippen MR) is 113 cm³/mol. The smallest absolute Gasteiger partial charge is 0.264 e. The molecule has 4 nitrogen and oxygen atoms in total. The maximum absolute atomic E-state index is 13.6.